The number of fused-ring (bicyclic) bond motifs is 1. The van der Waals surface area contributed by atoms with Gasteiger partial charge in [0.2, 0.25) is 11.7 Å². The second-order valence-corrected chi connectivity index (χ2v) is 7.50. The lowest BCUT2D eigenvalue weighted by Crippen LogP contribution is -2.42. The molecule has 2 N–H and O–H groups in total. The van der Waals surface area contributed by atoms with Gasteiger partial charge in [-0.25, -0.2) is 4.79 Å². The van der Waals surface area contributed by atoms with Crippen molar-refractivity contribution >= 4 is 22.8 Å². The van der Waals surface area contributed by atoms with Gasteiger partial charge >= 0.3 is 5.97 Å². The maximum absolute atomic E-state index is 12.8. The van der Waals surface area contributed by atoms with Crippen LogP contribution in [0.2, 0.25) is 0 Å². The van der Waals surface area contributed by atoms with Crippen LogP contribution in [0.25, 0.3) is 22.3 Å². The molecule has 10 nitrogen and oxygen atoms in total. The molecule has 1 unspecified atom stereocenters. The molecule has 0 aliphatic carbocycles. The maximum atomic E-state index is 12.8. The van der Waals surface area contributed by atoms with E-state index in [1.54, 1.807) is 25.3 Å². The number of methoxy groups -OCH3 is 2. The average molecular weight is 464 g/mol. The van der Waals surface area contributed by atoms with Crippen molar-refractivity contribution in [1.82, 2.24) is 20.4 Å². The lowest BCUT2D eigenvalue weighted by Gasteiger charge is -2.16. The highest BCUT2D eigenvalue weighted by Gasteiger charge is 2.24. The molecule has 0 saturated carbocycles. The third kappa shape index (κ3) is 5.01. The van der Waals surface area contributed by atoms with Gasteiger partial charge in [0, 0.05) is 36.5 Å². The van der Waals surface area contributed by atoms with Crippen molar-refractivity contribution in [3.8, 4) is 22.9 Å². The normalized spacial score (nSPS) is 11.7. The van der Waals surface area contributed by atoms with Crippen molar-refractivity contribution in [2.45, 2.75) is 26.0 Å². The second-order valence-electron chi connectivity index (χ2n) is 7.50. The van der Waals surface area contributed by atoms with Gasteiger partial charge in [0.05, 0.1) is 19.8 Å². The van der Waals surface area contributed by atoms with Gasteiger partial charge in [0.25, 0.3) is 5.89 Å². The molecule has 10 heteroatoms. The zero-order chi connectivity index (χ0) is 24.1. The Kier molecular flexibility index (Phi) is 6.77. The van der Waals surface area contributed by atoms with Crippen LogP contribution in [-0.2, 0) is 27.4 Å². The Morgan fingerprint density at radius 1 is 1.15 bits per heavy atom. The molecule has 0 spiro atoms. The van der Waals surface area contributed by atoms with E-state index in [1.165, 1.54) is 14.0 Å². The summed E-state index contributed by atoms with van der Waals surface area (Å²) in [5.41, 5.74) is 2.43. The van der Waals surface area contributed by atoms with Crippen molar-refractivity contribution in [2.75, 3.05) is 14.2 Å². The zero-order valence-corrected chi connectivity index (χ0v) is 19.0. The number of carbonyl (C=O) groups is 2. The van der Waals surface area contributed by atoms with Crippen LogP contribution in [0.3, 0.4) is 0 Å². The molecule has 0 bridgehead atoms. The zero-order valence-electron chi connectivity index (χ0n) is 19.0. The molecule has 0 aliphatic rings. The highest BCUT2D eigenvalue weighted by Crippen LogP contribution is 2.31. The summed E-state index contributed by atoms with van der Waals surface area (Å²) in [7, 11) is 3.08. The first-order valence-electron chi connectivity index (χ1n) is 10.5. The third-order valence-electron chi connectivity index (χ3n) is 5.22. The van der Waals surface area contributed by atoms with Gasteiger partial charge in [-0.2, -0.15) is 4.98 Å². The van der Waals surface area contributed by atoms with Crippen molar-refractivity contribution < 1.29 is 28.3 Å². The van der Waals surface area contributed by atoms with Crippen LogP contribution in [0.5, 0.6) is 11.5 Å². The number of hydrogen-bond acceptors (Lipinski definition) is 8. The number of nitrogens with one attached hydrogen (secondary N) is 2. The molecule has 0 aliphatic heterocycles. The Balaban J connectivity index is 1.45. The molecular weight excluding hydrogens is 440 g/mol. The molecule has 2 aromatic carbocycles. The quantitative estimate of drug-likeness (QED) is 0.362. The first-order valence-corrected chi connectivity index (χ1v) is 10.5. The molecule has 1 amide bonds. The predicted octanol–water partition coefficient (Wildman–Crippen LogP) is 3.03. The molecule has 176 valence electrons. The van der Waals surface area contributed by atoms with E-state index in [-0.39, 0.29) is 30.7 Å². The first kappa shape index (κ1) is 22.8. The van der Waals surface area contributed by atoms with Crippen LogP contribution < -0.4 is 14.8 Å². The summed E-state index contributed by atoms with van der Waals surface area (Å²) in [5.74, 6) is 0.569. The highest BCUT2D eigenvalue weighted by atomic mass is 16.6. The molecule has 34 heavy (non-hydrogen) atoms. The van der Waals surface area contributed by atoms with Crippen molar-refractivity contribution in [3.05, 3.63) is 60.1 Å². The minimum atomic E-state index is -0.874. The Morgan fingerprint density at radius 2 is 1.97 bits per heavy atom. The number of aromatic nitrogens is 3. The topological polar surface area (TPSA) is 129 Å². The monoisotopic (exact) mass is 464 g/mol. The fourth-order valence-electron chi connectivity index (χ4n) is 3.60. The second kappa shape index (κ2) is 10.1. The molecule has 0 radical (unpaired) electrons. The Labute approximate surface area is 195 Å². The number of ether oxygens (including phenoxy) is 3. The number of aromatic amines is 1. The maximum Gasteiger partial charge on any atom is 0.329 e. The summed E-state index contributed by atoms with van der Waals surface area (Å²) < 4.78 is 21.2. The summed E-state index contributed by atoms with van der Waals surface area (Å²) in [6.45, 7) is 1.11. The molecule has 4 aromatic rings. The van der Waals surface area contributed by atoms with Gasteiger partial charge in [-0.3, -0.25) is 4.79 Å². The molecule has 2 aromatic heterocycles. The van der Waals surface area contributed by atoms with Gasteiger partial charge in [0.1, 0.15) is 17.5 Å². The lowest BCUT2D eigenvalue weighted by atomic mass is 10.0. The van der Waals surface area contributed by atoms with Crippen molar-refractivity contribution in [3.63, 3.8) is 0 Å². The van der Waals surface area contributed by atoms with Gasteiger partial charge < -0.3 is 29.0 Å². The van der Waals surface area contributed by atoms with E-state index < -0.39 is 12.0 Å². The summed E-state index contributed by atoms with van der Waals surface area (Å²) in [5, 5.41) is 7.57. The van der Waals surface area contributed by atoms with E-state index in [4.69, 9.17) is 18.7 Å². The number of para-hydroxylation sites is 1. The third-order valence-corrected chi connectivity index (χ3v) is 5.22. The largest absolute Gasteiger partial charge is 0.497 e. The van der Waals surface area contributed by atoms with Crippen LogP contribution in [0.15, 0.2) is 53.2 Å². The summed E-state index contributed by atoms with van der Waals surface area (Å²) >= 11 is 0. The SMILES string of the molecule is COc1ccc(-c2noc(COC(=O)C(Cc3c[nH]c4ccccc34)NC(C)=O)n2)c(OC)c1. The minimum Gasteiger partial charge on any atom is -0.497 e. The average Bonchev–Trinajstić information content (AvgIpc) is 3.49. The molecule has 0 saturated heterocycles. The van der Waals surface area contributed by atoms with Crippen LogP contribution in [0.1, 0.15) is 18.4 Å². The fraction of sp³-hybridized carbons (Fsp3) is 0.250. The number of carbonyl (C=O) groups excluding carboxylic acids is 2. The molecular formula is C24H24N4O6. The number of esters is 1. The predicted molar refractivity (Wildman–Crippen MR) is 122 cm³/mol. The Morgan fingerprint density at radius 3 is 2.74 bits per heavy atom. The lowest BCUT2D eigenvalue weighted by molar-refractivity contribution is -0.149. The van der Waals surface area contributed by atoms with E-state index in [0.717, 1.165) is 16.5 Å². The number of amides is 1. The molecule has 1 atom stereocenters. The fourth-order valence-corrected chi connectivity index (χ4v) is 3.60. The Bertz CT molecular complexity index is 1310. The summed E-state index contributed by atoms with van der Waals surface area (Å²) in [4.78, 5) is 31.9. The van der Waals surface area contributed by atoms with Gasteiger partial charge in [0.15, 0.2) is 6.61 Å². The standard InChI is InChI=1S/C24H24N4O6/c1-14(29)26-20(10-15-12-25-19-7-5-4-6-17(15)19)24(30)33-13-22-27-23(28-34-22)18-9-8-16(31-2)11-21(18)32-3/h4-9,11-12,20,25H,10,13H2,1-3H3,(H,26,29). The number of H-pyrrole nitrogens is 1. The first-order chi connectivity index (χ1) is 16.5. The number of rotatable bonds is 9. The van der Waals surface area contributed by atoms with E-state index in [1.807, 2.05) is 30.5 Å². The number of hydrogen-bond donors (Lipinski definition) is 2. The van der Waals surface area contributed by atoms with E-state index in [9.17, 15) is 9.59 Å². The van der Waals surface area contributed by atoms with Crippen LogP contribution in [-0.4, -0.2) is 47.3 Å². The Hall–Kier alpha value is -4.34. The summed E-state index contributed by atoms with van der Waals surface area (Å²) in [6, 6.07) is 12.0. The minimum absolute atomic E-state index is 0.106. The smallest absolute Gasteiger partial charge is 0.329 e. The highest BCUT2D eigenvalue weighted by molar-refractivity contribution is 5.86. The summed E-state index contributed by atoms with van der Waals surface area (Å²) in [6.07, 6.45) is 2.08. The van der Waals surface area contributed by atoms with Crippen LogP contribution >= 0.6 is 0 Å². The molecule has 0 fully saturated rings. The van der Waals surface area contributed by atoms with Crippen molar-refractivity contribution in [1.29, 1.82) is 0 Å². The van der Waals surface area contributed by atoms with E-state index in [2.05, 4.69) is 20.4 Å². The van der Waals surface area contributed by atoms with Crippen molar-refractivity contribution in [2.24, 2.45) is 0 Å². The van der Waals surface area contributed by atoms with E-state index >= 15 is 0 Å². The number of nitrogens with zero attached hydrogens (tertiary/aromatic N) is 2. The van der Waals surface area contributed by atoms with Gasteiger partial charge in [-0.1, -0.05) is 23.4 Å². The number of benzene rings is 2. The van der Waals surface area contributed by atoms with Crippen LogP contribution in [0.4, 0.5) is 0 Å². The molecule has 4 rings (SSSR count). The van der Waals surface area contributed by atoms with E-state index in [0.29, 0.717) is 17.1 Å². The van der Waals surface area contributed by atoms with Gasteiger partial charge in [-0.05, 0) is 23.8 Å². The molecule has 2 heterocycles. The van der Waals surface area contributed by atoms with Crippen LogP contribution in [0, 0.1) is 0 Å². The van der Waals surface area contributed by atoms with Gasteiger partial charge in [-0.15, -0.1) is 0 Å².